The summed E-state index contributed by atoms with van der Waals surface area (Å²) in [5.74, 6) is -6.06. The molecule has 2 heterocycles. The first kappa shape index (κ1) is 43.2. The van der Waals surface area contributed by atoms with E-state index in [4.69, 9.17) is 18.9 Å². The van der Waals surface area contributed by atoms with E-state index in [0.29, 0.717) is 5.56 Å². The van der Waals surface area contributed by atoms with Crippen LogP contribution in [0.2, 0.25) is 0 Å². The summed E-state index contributed by atoms with van der Waals surface area (Å²) in [5, 5.41) is 160. The van der Waals surface area contributed by atoms with Gasteiger partial charge < -0.3 is 95.5 Å². The lowest BCUT2D eigenvalue weighted by atomic mass is 9.80. The third-order valence-corrected chi connectivity index (χ3v) is 10.1. The number of hydrogen-bond donors (Lipinski definition) is 15. The van der Waals surface area contributed by atoms with Crippen molar-refractivity contribution in [2.45, 2.75) is 73.4 Å². The van der Waals surface area contributed by atoms with Crippen molar-refractivity contribution < 1.29 is 95.5 Å². The molecule has 0 spiro atoms. The molecular formula is C40H44O19. The van der Waals surface area contributed by atoms with Gasteiger partial charge >= 0.3 is 0 Å². The maximum atomic E-state index is 12.5. The Kier molecular flexibility index (Phi) is 13.0. The molecule has 2 aliphatic rings. The Hall–Kier alpha value is -5.42. The topological polar surface area (TPSA) is 340 Å². The molecule has 0 radical (unpaired) electrons. The van der Waals surface area contributed by atoms with Crippen molar-refractivity contribution in [2.24, 2.45) is 0 Å². The van der Waals surface area contributed by atoms with Crippen LogP contribution in [0.3, 0.4) is 0 Å². The number of phenols is 6. The second kappa shape index (κ2) is 17.8. The molecule has 59 heavy (non-hydrogen) atoms. The first-order valence-electron chi connectivity index (χ1n) is 18.1. The highest BCUT2D eigenvalue weighted by atomic mass is 16.7. The first-order chi connectivity index (χ1) is 28.0. The minimum absolute atomic E-state index is 0.0731. The van der Waals surface area contributed by atoms with Crippen LogP contribution >= 0.6 is 0 Å². The van der Waals surface area contributed by atoms with Crippen molar-refractivity contribution in [3.8, 4) is 46.0 Å². The van der Waals surface area contributed by atoms with E-state index in [2.05, 4.69) is 0 Å². The number of aromatic hydroxyl groups is 6. The van der Waals surface area contributed by atoms with Crippen molar-refractivity contribution in [3.05, 3.63) is 94.5 Å². The lowest BCUT2D eigenvalue weighted by molar-refractivity contribution is -0.277. The van der Waals surface area contributed by atoms with Gasteiger partial charge in [0.15, 0.2) is 23.0 Å². The zero-order valence-corrected chi connectivity index (χ0v) is 30.7. The van der Waals surface area contributed by atoms with E-state index in [1.807, 2.05) is 0 Å². The summed E-state index contributed by atoms with van der Waals surface area (Å²) in [4.78, 5) is 0. The summed E-state index contributed by atoms with van der Waals surface area (Å²) >= 11 is 0. The van der Waals surface area contributed by atoms with E-state index in [9.17, 15) is 76.6 Å². The third-order valence-electron chi connectivity index (χ3n) is 10.1. The summed E-state index contributed by atoms with van der Waals surface area (Å²) in [5.41, 5.74) is -0.432. The smallest absolute Gasteiger partial charge is 0.229 e. The molecule has 19 nitrogen and oxygen atoms in total. The lowest BCUT2D eigenvalue weighted by Crippen LogP contribution is -2.60. The van der Waals surface area contributed by atoms with Crippen molar-refractivity contribution in [1.82, 2.24) is 0 Å². The van der Waals surface area contributed by atoms with Gasteiger partial charge in [-0.2, -0.15) is 0 Å². The summed E-state index contributed by atoms with van der Waals surface area (Å²) in [6.45, 7) is -1.66. The number of benzene rings is 4. The molecule has 0 unspecified atom stereocenters. The Morgan fingerprint density at radius 2 is 1.03 bits per heavy atom. The molecule has 0 saturated carbocycles. The molecule has 4 aromatic carbocycles. The Morgan fingerprint density at radius 1 is 0.542 bits per heavy atom. The van der Waals surface area contributed by atoms with Crippen LogP contribution in [-0.2, 0) is 9.47 Å². The third kappa shape index (κ3) is 8.81. The highest BCUT2D eigenvalue weighted by Crippen LogP contribution is 2.52. The zero-order valence-electron chi connectivity index (χ0n) is 30.7. The molecule has 318 valence electrons. The van der Waals surface area contributed by atoms with Gasteiger partial charge in [0.05, 0.1) is 19.3 Å². The van der Waals surface area contributed by atoms with Crippen LogP contribution in [-0.4, -0.2) is 151 Å². The number of phenolic OH excluding ortho intramolecular Hbond substituents is 6. The van der Waals surface area contributed by atoms with Gasteiger partial charge in [0.25, 0.3) is 0 Å². The van der Waals surface area contributed by atoms with E-state index >= 15 is 0 Å². The number of rotatable bonds is 12. The molecule has 2 aliphatic heterocycles. The monoisotopic (exact) mass is 828 g/mol. The van der Waals surface area contributed by atoms with Crippen LogP contribution < -0.4 is 9.47 Å². The Morgan fingerprint density at radius 3 is 1.56 bits per heavy atom. The lowest BCUT2D eigenvalue weighted by Gasteiger charge is -2.40. The molecule has 15 N–H and O–H groups in total. The predicted octanol–water partition coefficient (Wildman–Crippen LogP) is -0.687. The minimum atomic E-state index is -2.05. The van der Waals surface area contributed by atoms with Crippen LogP contribution in [0, 0.1) is 0 Å². The van der Waals surface area contributed by atoms with Gasteiger partial charge in [-0.1, -0.05) is 36.4 Å². The molecule has 19 heteroatoms. The van der Waals surface area contributed by atoms with Crippen molar-refractivity contribution >= 4 is 12.2 Å². The first-order valence-corrected chi connectivity index (χ1v) is 18.1. The molecule has 0 aliphatic carbocycles. The second-order valence-corrected chi connectivity index (χ2v) is 14.0. The van der Waals surface area contributed by atoms with Crippen molar-refractivity contribution in [2.75, 3.05) is 13.2 Å². The van der Waals surface area contributed by atoms with E-state index in [-0.39, 0.29) is 28.2 Å². The Balaban J connectivity index is 1.56. The normalized spacial score (nSPS) is 28.3. The quantitative estimate of drug-likeness (QED) is 0.0786. The van der Waals surface area contributed by atoms with Crippen LogP contribution in [0.4, 0.5) is 0 Å². The van der Waals surface area contributed by atoms with Crippen molar-refractivity contribution in [3.63, 3.8) is 0 Å². The van der Waals surface area contributed by atoms with Gasteiger partial charge in [0.1, 0.15) is 71.8 Å². The van der Waals surface area contributed by atoms with Crippen LogP contribution in [0.15, 0.2) is 66.7 Å². The van der Waals surface area contributed by atoms with Gasteiger partial charge in [-0.15, -0.1) is 0 Å². The fraction of sp³-hybridized carbons (Fsp3) is 0.350. The van der Waals surface area contributed by atoms with Gasteiger partial charge in [-0.3, -0.25) is 0 Å². The number of ether oxygens (including phenoxy) is 4. The van der Waals surface area contributed by atoms with Crippen LogP contribution in [0.25, 0.3) is 12.2 Å². The zero-order chi connectivity index (χ0) is 42.9. The maximum Gasteiger partial charge on any atom is 0.229 e. The number of aliphatic hydroxyl groups excluding tert-OH is 9. The summed E-state index contributed by atoms with van der Waals surface area (Å²) < 4.78 is 22.7. The molecule has 4 aromatic rings. The molecule has 6 rings (SSSR count). The van der Waals surface area contributed by atoms with E-state index in [0.717, 1.165) is 18.2 Å². The molecule has 0 aromatic heterocycles. The summed E-state index contributed by atoms with van der Waals surface area (Å²) in [6, 6.07) is 13.4. The second-order valence-electron chi connectivity index (χ2n) is 14.0. The van der Waals surface area contributed by atoms with E-state index in [1.165, 1.54) is 60.7 Å². The minimum Gasteiger partial charge on any atom is -0.508 e. The number of aliphatic hydroxyl groups is 9. The van der Waals surface area contributed by atoms with Gasteiger partial charge in [0.2, 0.25) is 12.6 Å². The fourth-order valence-electron chi connectivity index (χ4n) is 6.95. The Bertz CT molecular complexity index is 2090. The molecule has 12 atom stereocenters. The average molecular weight is 829 g/mol. The summed E-state index contributed by atoms with van der Waals surface area (Å²) in [7, 11) is 0. The Labute approximate surface area is 334 Å². The maximum absolute atomic E-state index is 12.5. The van der Waals surface area contributed by atoms with Gasteiger partial charge in [-0.05, 0) is 41.5 Å². The van der Waals surface area contributed by atoms with Gasteiger partial charge in [0, 0.05) is 34.7 Å². The molecule has 2 fully saturated rings. The van der Waals surface area contributed by atoms with E-state index in [1.54, 1.807) is 0 Å². The highest BCUT2D eigenvalue weighted by Gasteiger charge is 2.47. The van der Waals surface area contributed by atoms with E-state index < -0.39 is 127 Å². The largest absolute Gasteiger partial charge is 0.508 e. The van der Waals surface area contributed by atoms with Crippen molar-refractivity contribution in [1.29, 1.82) is 0 Å². The summed E-state index contributed by atoms with van der Waals surface area (Å²) in [6.07, 6.45) is -17.3. The standard InChI is InChI=1S/C40H44O19/c41-14-26-31(50)33(52)35(54)39(56-26)58-37-21(10-3-16-1-6-18(43)7-2-16)29(23(46)13-25(37)48)28(17-4-8-19(44)9-5-17)30(49)22-11-20(45)12-24(47)38(22)59-40-36(55)34(53)32(51)27(15-42)57-40/h1-13,26-28,30-36,39-55H,14-15H2/t26-,27-,28+,30+,31-,32-,33+,34+,35-,36-,39+,40+/m1/s1. The average Bonchev–Trinajstić information content (AvgIpc) is 3.21. The fourth-order valence-corrected chi connectivity index (χ4v) is 6.95. The molecular weight excluding hydrogens is 784 g/mol. The van der Waals surface area contributed by atoms with Gasteiger partial charge in [-0.25, -0.2) is 0 Å². The highest BCUT2D eigenvalue weighted by molar-refractivity contribution is 5.79. The molecule has 0 bridgehead atoms. The predicted molar refractivity (Wildman–Crippen MR) is 200 cm³/mol. The SMILES string of the molecule is OC[C@H]1O[C@@H](Oc2c(O)cc(O)cc2[C@H](O)[C@@H](c2ccc(O)cc2)c2c(O)cc(O)c(O[C@@H]3O[C@H](CO)[C@@H](O)[C@H](O)[C@H]3O)c2C=Cc2ccc(O)cc2)[C@H](O)[C@@H](O)[C@@H]1O. The number of hydrogen-bond acceptors (Lipinski definition) is 19. The van der Waals surface area contributed by atoms with Crippen LogP contribution in [0.5, 0.6) is 46.0 Å². The molecule has 2 saturated heterocycles. The van der Waals surface area contributed by atoms with Crippen LogP contribution in [0.1, 0.15) is 39.8 Å². The molecule has 0 amide bonds.